The first-order chi connectivity index (χ1) is 20.1. The van der Waals surface area contributed by atoms with E-state index in [-0.39, 0.29) is 22.9 Å². The van der Waals surface area contributed by atoms with Crippen molar-refractivity contribution >= 4 is 51.7 Å². The maximum absolute atomic E-state index is 16.1. The lowest BCUT2D eigenvalue weighted by Gasteiger charge is -2.40. The van der Waals surface area contributed by atoms with Crippen molar-refractivity contribution in [1.82, 2.24) is 14.7 Å². The van der Waals surface area contributed by atoms with Crippen LogP contribution in [0.1, 0.15) is 58.5 Å². The van der Waals surface area contributed by atoms with Crippen LogP contribution in [0.15, 0.2) is 48.5 Å². The number of nitrogens with zero attached hydrogens (tertiary/aromatic N) is 3. The minimum Gasteiger partial charge on any atom is -0.465 e. The van der Waals surface area contributed by atoms with Gasteiger partial charge in [0.05, 0.1) is 29.3 Å². The van der Waals surface area contributed by atoms with Gasteiger partial charge in [-0.05, 0) is 54.3 Å². The third-order valence-electron chi connectivity index (χ3n) is 9.14. The minimum absolute atomic E-state index is 0.00145. The third kappa shape index (κ3) is 3.58. The van der Waals surface area contributed by atoms with Crippen molar-refractivity contribution in [1.29, 1.82) is 0 Å². The number of halogens is 3. The van der Waals surface area contributed by atoms with Gasteiger partial charge in [0.1, 0.15) is 11.4 Å². The Morgan fingerprint density at radius 2 is 2.00 bits per heavy atom. The van der Waals surface area contributed by atoms with Gasteiger partial charge in [0.2, 0.25) is 5.91 Å². The number of esters is 1. The molecular formula is C32H29Cl2FN4O3. The number of aromatic nitrogens is 2. The van der Waals surface area contributed by atoms with E-state index < -0.39 is 29.3 Å². The Kier molecular flexibility index (Phi) is 6.21. The molecule has 0 saturated carbocycles. The van der Waals surface area contributed by atoms with Crippen LogP contribution in [0.5, 0.6) is 0 Å². The van der Waals surface area contributed by atoms with Crippen LogP contribution in [0.3, 0.4) is 0 Å². The van der Waals surface area contributed by atoms with Crippen molar-refractivity contribution in [3.63, 3.8) is 0 Å². The number of hydrogen-bond donors (Lipinski definition) is 1. The summed E-state index contributed by atoms with van der Waals surface area (Å²) in [5.74, 6) is -1.65. The van der Waals surface area contributed by atoms with E-state index in [4.69, 9.17) is 33.0 Å². The second kappa shape index (κ2) is 9.53. The number of carbonyl (C=O) groups is 2. The molecule has 1 spiro atoms. The fourth-order valence-corrected chi connectivity index (χ4v) is 8.00. The summed E-state index contributed by atoms with van der Waals surface area (Å²) in [7, 11) is 1.35. The topological polar surface area (TPSA) is 76.5 Å². The summed E-state index contributed by atoms with van der Waals surface area (Å²) in [6, 6.07) is 13.6. The van der Waals surface area contributed by atoms with Crippen LogP contribution in [-0.2, 0) is 21.5 Å². The second-order valence-electron chi connectivity index (χ2n) is 11.9. The van der Waals surface area contributed by atoms with Crippen LogP contribution in [0.25, 0.3) is 10.9 Å². The average Bonchev–Trinajstić information content (AvgIpc) is 3.63. The molecule has 1 N–H and O–H groups in total. The van der Waals surface area contributed by atoms with E-state index >= 15 is 4.39 Å². The quantitative estimate of drug-likeness (QED) is 0.263. The molecule has 10 heteroatoms. The van der Waals surface area contributed by atoms with Gasteiger partial charge in [-0.15, -0.1) is 0 Å². The van der Waals surface area contributed by atoms with Crippen molar-refractivity contribution in [3.8, 4) is 0 Å². The molecule has 1 saturated heterocycles. The summed E-state index contributed by atoms with van der Waals surface area (Å²) >= 11 is 12.7. The zero-order valence-electron chi connectivity index (χ0n) is 23.5. The Hall–Kier alpha value is -3.46. The predicted molar refractivity (Wildman–Crippen MR) is 160 cm³/mol. The first-order valence-electron chi connectivity index (χ1n) is 14.0. The van der Waals surface area contributed by atoms with E-state index in [2.05, 4.69) is 24.1 Å². The summed E-state index contributed by atoms with van der Waals surface area (Å²) in [6.45, 7) is 6.71. The number of fused-ring (bicyclic) bond motifs is 7. The molecule has 3 aliphatic heterocycles. The van der Waals surface area contributed by atoms with Gasteiger partial charge >= 0.3 is 5.97 Å². The van der Waals surface area contributed by atoms with Crippen molar-refractivity contribution in [2.75, 3.05) is 19.0 Å². The Morgan fingerprint density at radius 1 is 1.21 bits per heavy atom. The fourth-order valence-electron chi connectivity index (χ4n) is 7.65. The van der Waals surface area contributed by atoms with Gasteiger partial charge in [-0.1, -0.05) is 55.2 Å². The van der Waals surface area contributed by atoms with Gasteiger partial charge in [0.15, 0.2) is 0 Å². The lowest BCUT2D eigenvalue weighted by atomic mass is 9.73. The van der Waals surface area contributed by atoms with Crippen molar-refractivity contribution < 1.29 is 18.7 Å². The average molecular weight is 608 g/mol. The smallest absolute Gasteiger partial charge is 0.338 e. The molecular weight excluding hydrogens is 578 g/mol. The first-order valence-corrected chi connectivity index (χ1v) is 14.8. The van der Waals surface area contributed by atoms with E-state index in [1.54, 1.807) is 30.3 Å². The Bertz CT molecular complexity index is 1820. The summed E-state index contributed by atoms with van der Waals surface area (Å²) in [6.07, 6.45) is 0.599. The van der Waals surface area contributed by atoms with Gasteiger partial charge in [-0.2, -0.15) is 5.10 Å². The van der Waals surface area contributed by atoms with Crippen LogP contribution in [0.4, 0.5) is 10.1 Å². The molecule has 3 aromatic carbocycles. The van der Waals surface area contributed by atoms with Crippen molar-refractivity contribution in [3.05, 3.63) is 92.3 Å². The molecule has 1 amide bonds. The highest BCUT2D eigenvalue weighted by atomic mass is 35.5. The zero-order chi connectivity index (χ0) is 29.7. The van der Waals surface area contributed by atoms with Crippen LogP contribution in [-0.4, -0.2) is 46.3 Å². The number of likely N-dealkylation sites (tertiary alicyclic amines) is 1. The lowest BCUT2D eigenvalue weighted by Crippen LogP contribution is -2.53. The molecule has 0 bridgehead atoms. The number of nitrogens with one attached hydrogen (secondary N) is 1. The van der Waals surface area contributed by atoms with E-state index in [1.807, 2.05) is 23.7 Å². The van der Waals surface area contributed by atoms with Crippen molar-refractivity contribution in [2.24, 2.45) is 5.92 Å². The SMILES string of the molecule is COC(=O)c1cc2nn3c(c2cc1C)C[C@H]1[C@@H]3[C@H](c2cccc(Cl)c2F)[C@]2(C(=O)Nc3cc(Cl)ccc32)N1CC(C)C. The predicted octanol–water partition coefficient (Wildman–Crippen LogP) is 6.65. The molecule has 216 valence electrons. The molecule has 0 aliphatic carbocycles. The van der Waals surface area contributed by atoms with Gasteiger partial charge in [0.25, 0.3) is 0 Å². The van der Waals surface area contributed by atoms with Gasteiger partial charge in [-0.25, -0.2) is 9.18 Å². The maximum atomic E-state index is 16.1. The number of rotatable bonds is 4. The third-order valence-corrected chi connectivity index (χ3v) is 9.67. The summed E-state index contributed by atoms with van der Waals surface area (Å²) < 4.78 is 23.1. The van der Waals surface area contributed by atoms with Crippen LogP contribution < -0.4 is 5.32 Å². The van der Waals surface area contributed by atoms with Crippen LogP contribution in [0, 0.1) is 18.7 Å². The first kappa shape index (κ1) is 27.4. The monoisotopic (exact) mass is 606 g/mol. The number of benzene rings is 3. The second-order valence-corrected chi connectivity index (χ2v) is 12.8. The molecule has 1 aromatic heterocycles. The van der Waals surface area contributed by atoms with Crippen LogP contribution in [0.2, 0.25) is 10.0 Å². The molecule has 3 aliphatic rings. The van der Waals surface area contributed by atoms with Gasteiger partial charge in [-0.3, -0.25) is 14.4 Å². The van der Waals surface area contributed by atoms with E-state index in [0.29, 0.717) is 40.3 Å². The van der Waals surface area contributed by atoms with Gasteiger partial charge < -0.3 is 10.1 Å². The molecule has 4 heterocycles. The number of carbonyl (C=O) groups excluding carboxylic acids is 2. The summed E-state index contributed by atoms with van der Waals surface area (Å²) in [4.78, 5) is 29.1. The molecule has 1 fully saturated rings. The summed E-state index contributed by atoms with van der Waals surface area (Å²) in [5, 5.41) is 9.53. The summed E-state index contributed by atoms with van der Waals surface area (Å²) in [5.41, 5.74) is 3.40. The molecule has 42 heavy (non-hydrogen) atoms. The zero-order valence-corrected chi connectivity index (χ0v) is 25.1. The lowest BCUT2D eigenvalue weighted by molar-refractivity contribution is -0.128. The molecule has 0 unspecified atom stereocenters. The molecule has 7 nitrogen and oxygen atoms in total. The normalized spacial score (nSPS) is 24.4. The van der Waals surface area contributed by atoms with Crippen molar-refractivity contribution in [2.45, 2.75) is 50.7 Å². The Labute approximate surface area is 252 Å². The van der Waals surface area contributed by atoms with E-state index in [1.165, 1.54) is 13.2 Å². The number of methoxy groups -OCH3 is 1. The van der Waals surface area contributed by atoms with E-state index in [9.17, 15) is 9.59 Å². The fraction of sp³-hybridized carbons (Fsp3) is 0.344. The minimum atomic E-state index is -1.23. The molecule has 4 aromatic rings. The Morgan fingerprint density at radius 3 is 2.74 bits per heavy atom. The molecule has 0 radical (unpaired) electrons. The number of aryl methyl sites for hydroxylation is 1. The Balaban J connectivity index is 1.53. The highest BCUT2D eigenvalue weighted by molar-refractivity contribution is 6.31. The maximum Gasteiger partial charge on any atom is 0.338 e. The highest BCUT2D eigenvalue weighted by Gasteiger charge is 2.69. The highest BCUT2D eigenvalue weighted by Crippen LogP contribution is 2.63. The van der Waals surface area contributed by atoms with E-state index in [0.717, 1.165) is 22.2 Å². The number of hydrogen-bond acceptors (Lipinski definition) is 5. The molecule has 7 rings (SSSR count). The van der Waals surface area contributed by atoms with Crippen LogP contribution >= 0.6 is 23.2 Å². The molecule has 4 atom stereocenters. The number of ether oxygens (including phenoxy) is 1. The van der Waals surface area contributed by atoms with Gasteiger partial charge in [0, 0.05) is 52.3 Å². The number of amides is 1. The largest absolute Gasteiger partial charge is 0.465 e. The number of anilines is 1. The standard InChI is InChI=1S/C32H29Cl2FN4O3/c1-15(2)14-38-26-13-25-20-10-16(3)19(30(40)42-4)12-23(20)37-39(25)29(26)27(18-6-5-7-22(34)28(18)35)32(38)21-9-8-17(33)11-24(21)36-31(32)41/h5-12,15,26-27,29H,13-14H2,1-4H3,(H,36,41)/t26-,27-,29+,32+/m0/s1.